The summed E-state index contributed by atoms with van der Waals surface area (Å²) in [4.78, 5) is 53.0. The molecule has 0 aliphatic heterocycles. The van der Waals surface area contributed by atoms with Crippen molar-refractivity contribution in [3.8, 4) is 0 Å². The summed E-state index contributed by atoms with van der Waals surface area (Å²) in [7, 11) is 0. The normalized spacial score (nSPS) is 14.9. The van der Waals surface area contributed by atoms with Crippen molar-refractivity contribution in [1.82, 2.24) is 15.6 Å². The second kappa shape index (κ2) is 14.9. The third kappa shape index (κ3) is 10.3. The fraction of sp³-hybridized carbons (Fsp3) is 0.613. The summed E-state index contributed by atoms with van der Waals surface area (Å²) in [6, 6.07) is 6.33. The topological polar surface area (TPSA) is 129 Å². The van der Waals surface area contributed by atoms with E-state index >= 15 is 0 Å². The molecule has 1 aromatic heterocycles. The number of rotatable bonds is 12. The molecule has 0 radical (unpaired) electrons. The number of ether oxygens (including phenoxy) is 1. The molecule has 3 rings (SSSR count). The number of nitrogens with one attached hydrogen (secondary N) is 4. The Morgan fingerprint density at radius 2 is 1.82 bits per heavy atom. The molecular formula is C31H46N4O5. The number of alkyl carbamates (subject to hydrolysis) is 1. The first-order valence-corrected chi connectivity index (χ1v) is 14.8. The molecule has 0 spiro atoms. The number of carbonyl (C=O) groups excluding carboxylic acids is 3. The van der Waals surface area contributed by atoms with Crippen LogP contribution < -0.4 is 21.5 Å². The zero-order chi connectivity index (χ0) is 29.1. The summed E-state index contributed by atoms with van der Waals surface area (Å²) >= 11 is 0. The summed E-state index contributed by atoms with van der Waals surface area (Å²) in [6.45, 7) is 7.83. The van der Waals surface area contributed by atoms with Crippen molar-refractivity contribution in [2.75, 3.05) is 11.9 Å². The van der Waals surface area contributed by atoms with Crippen LogP contribution >= 0.6 is 0 Å². The zero-order valence-electron chi connectivity index (χ0n) is 24.5. The lowest BCUT2D eigenvalue weighted by molar-refractivity contribution is -0.126. The van der Waals surface area contributed by atoms with Crippen LogP contribution in [0.5, 0.6) is 0 Å². The first kappa shape index (κ1) is 31.2. The highest BCUT2D eigenvalue weighted by atomic mass is 16.6. The molecule has 220 valence electrons. The molecule has 0 bridgehead atoms. The molecule has 1 fully saturated rings. The lowest BCUT2D eigenvalue weighted by Gasteiger charge is -2.22. The lowest BCUT2D eigenvalue weighted by atomic mass is 9.86. The number of pyridine rings is 1. The number of aryl methyl sites for hydroxylation is 1. The van der Waals surface area contributed by atoms with Crippen LogP contribution in [0.3, 0.4) is 0 Å². The number of unbranched alkanes of at least 4 members (excludes halogenated alkanes) is 1. The molecule has 1 heterocycles. The number of amides is 3. The number of anilines is 1. The standard InChI is InChI=1S/C31H46N4O5/c1-5-22-19-28(37)35-26-20-23(15-16-24(22)26)33-29(38)25(13-9-10-18-32-30(39)40-31(2,3)4)34-27(36)17-14-21-11-7-6-8-12-21/h15-16,19-21,25H,5-14,17-18H2,1-4H3,(H,32,39)(H,33,38)(H,34,36)(H,35,37). The highest BCUT2D eigenvalue weighted by Crippen LogP contribution is 2.27. The van der Waals surface area contributed by atoms with E-state index in [9.17, 15) is 19.2 Å². The zero-order valence-corrected chi connectivity index (χ0v) is 24.5. The number of carbonyl (C=O) groups is 3. The SMILES string of the molecule is CCc1cc(=O)[nH]c2cc(NC(=O)C(CCCCNC(=O)OC(C)(C)C)NC(=O)CCC3CCCCC3)ccc12. The number of hydrogen-bond acceptors (Lipinski definition) is 5. The highest BCUT2D eigenvalue weighted by Gasteiger charge is 2.22. The van der Waals surface area contributed by atoms with Gasteiger partial charge in [0.2, 0.25) is 17.4 Å². The number of fused-ring (bicyclic) bond motifs is 1. The molecule has 9 heteroatoms. The number of hydrogen-bond donors (Lipinski definition) is 4. The van der Waals surface area contributed by atoms with Crippen LogP contribution in [0.25, 0.3) is 10.9 Å². The maximum absolute atomic E-state index is 13.3. The molecule has 1 saturated carbocycles. The van der Waals surface area contributed by atoms with E-state index in [0.717, 1.165) is 23.8 Å². The van der Waals surface area contributed by atoms with E-state index in [1.54, 1.807) is 12.1 Å². The van der Waals surface area contributed by atoms with Crippen molar-refractivity contribution in [3.05, 3.63) is 40.2 Å². The van der Waals surface area contributed by atoms with Crippen molar-refractivity contribution in [2.24, 2.45) is 5.92 Å². The molecule has 1 unspecified atom stereocenters. The van der Waals surface area contributed by atoms with E-state index in [1.807, 2.05) is 39.8 Å². The quantitative estimate of drug-likeness (QED) is 0.255. The molecule has 0 saturated heterocycles. The molecule has 40 heavy (non-hydrogen) atoms. The Hall–Kier alpha value is -3.36. The van der Waals surface area contributed by atoms with E-state index < -0.39 is 17.7 Å². The van der Waals surface area contributed by atoms with Crippen molar-refractivity contribution >= 4 is 34.5 Å². The summed E-state index contributed by atoms with van der Waals surface area (Å²) in [5, 5.41) is 9.54. The second-order valence-corrected chi connectivity index (χ2v) is 11.8. The fourth-order valence-electron chi connectivity index (χ4n) is 5.26. The molecule has 1 atom stereocenters. The molecule has 2 aromatic rings. The van der Waals surface area contributed by atoms with E-state index in [0.29, 0.717) is 49.4 Å². The van der Waals surface area contributed by atoms with Crippen molar-refractivity contribution < 1.29 is 19.1 Å². The Balaban J connectivity index is 1.61. The van der Waals surface area contributed by atoms with E-state index in [1.165, 1.54) is 32.1 Å². The fourth-order valence-corrected chi connectivity index (χ4v) is 5.26. The van der Waals surface area contributed by atoms with Crippen LogP contribution in [-0.4, -0.2) is 41.1 Å². The number of aromatic amines is 1. The lowest BCUT2D eigenvalue weighted by Crippen LogP contribution is -2.44. The Kier molecular flexibility index (Phi) is 11.6. The van der Waals surface area contributed by atoms with Crippen molar-refractivity contribution in [3.63, 3.8) is 0 Å². The molecule has 1 aliphatic rings. The average molecular weight is 555 g/mol. The van der Waals surface area contributed by atoms with Gasteiger partial charge in [-0.05, 0) is 76.5 Å². The first-order chi connectivity index (χ1) is 19.0. The van der Waals surface area contributed by atoms with Gasteiger partial charge in [0, 0.05) is 30.1 Å². The Bertz CT molecular complexity index is 1210. The van der Waals surface area contributed by atoms with Crippen LogP contribution in [0, 0.1) is 5.92 Å². The molecular weight excluding hydrogens is 508 g/mol. The number of H-pyrrole nitrogens is 1. The third-order valence-electron chi connectivity index (χ3n) is 7.32. The third-order valence-corrected chi connectivity index (χ3v) is 7.32. The van der Waals surface area contributed by atoms with Gasteiger partial charge in [-0.3, -0.25) is 14.4 Å². The minimum atomic E-state index is -0.711. The highest BCUT2D eigenvalue weighted by molar-refractivity contribution is 5.98. The maximum atomic E-state index is 13.3. The van der Waals surface area contributed by atoms with Crippen molar-refractivity contribution in [2.45, 2.75) is 110 Å². The summed E-state index contributed by atoms with van der Waals surface area (Å²) in [6.07, 6.45) is 9.27. The van der Waals surface area contributed by atoms with Gasteiger partial charge in [0.25, 0.3) is 0 Å². The van der Waals surface area contributed by atoms with Gasteiger partial charge >= 0.3 is 6.09 Å². The van der Waals surface area contributed by atoms with Crippen molar-refractivity contribution in [1.29, 1.82) is 0 Å². The van der Waals surface area contributed by atoms with Gasteiger partial charge in [0.15, 0.2) is 0 Å². The van der Waals surface area contributed by atoms with Gasteiger partial charge in [-0.25, -0.2) is 4.79 Å². The van der Waals surface area contributed by atoms with Gasteiger partial charge in [-0.2, -0.15) is 0 Å². The molecule has 1 aliphatic carbocycles. The van der Waals surface area contributed by atoms with Gasteiger partial charge in [0.05, 0.1) is 5.52 Å². The summed E-state index contributed by atoms with van der Waals surface area (Å²) in [5.74, 6) is 0.158. The molecule has 1 aromatic carbocycles. The Morgan fingerprint density at radius 1 is 1.07 bits per heavy atom. The second-order valence-electron chi connectivity index (χ2n) is 11.8. The monoisotopic (exact) mass is 554 g/mol. The molecule has 4 N–H and O–H groups in total. The average Bonchev–Trinajstić information content (AvgIpc) is 2.89. The van der Waals surface area contributed by atoms with Crippen LogP contribution in [0.2, 0.25) is 0 Å². The smallest absolute Gasteiger partial charge is 0.407 e. The van der Waals surface area contributed by atoms with E-state index in [-0.39, 0.29) is 17.4 Å². The van der Waals surface area contributed by atoms with Crippen LogP contribution in [0.15, 0.2) is 29.1 Å². The molecule has 9 nitrogen and oxygen atoms in total. The van der Waals surface area contributed by atoms with Crippen LogP contribution in [0.1, 0.15) is 97.5 Å². The van der Waals surface area contributed by atoms with Gasteiger partial charge in [0.1, 0.15) is 11.6 Å². The minimum absolute atomic E-state index is 0.118. The minimum Gasteiger partial charge on any atom is -0.444 e. The summed E-state index contributed by atoms with van der Waals surface area (Å²) < 4.78 is 5.26. The first-order valence-electron chi connectivity index (χ1n) is 14.8. The van der Waals surface area contributed by atoms with Gasteiger partial charge in [-0.1, -0.05) is 45.1 Å². The van der Waals surface area contributed by atoms with E-state index in [2.05, 4.69) is 20.9 Å². The predicted octanol–water partition coefficient (Wildman–Crippen LogP) is 5.57. The Labute approximate surface area is 237 Å². The summed E-state index contributed by atoms with van der Waals surface area (Å²) in [5.41, 5.74) is 1.40. The number of aromatic nitrogens is 1. The predicted molar refractivity (Wildman–Crippen MR) is 158 cm³/mol. The molecule has 3 amide bonds. The van der Waals surface area contributed by atoms with E-state index in [4.69, 9.17) is 4.74 Å². The Morgan fingerprint density at radius 3 is 2.52 bits per heavy atom. The largest absolute Gasteiger partial charge is 0.444 e. The number of benzene rings is 1. The van der Waals surface area contributed by atoms with Gasteiger partial charge in [-0.15, -0.1) is 0 Å². The van der Waals surface area contributed by atoms with Crippen LogP contribution in [-0.2, 0) is 20.7 Å². The van der Waals surface area contributed by atoms with Gasteiger partial charge < -0.3 is 25.7 Å². The maximum Gasteiger partial charge on any atom is 0.407 e. The van der Waals surface area contributed by atoms with Crippen LogP contribution in [0.4, 0.5) is 10.5 Å².